The molecule has 1 heterocycles. The van der Waals surface area contributed by atoms with E-state index in [9.17, 15) is 0 Å². The van der Waals surface area contributed by atoms with Crippen LogP contribution in [0.15, 0.2) is 12.3 Å². The van der Waals surface area contributed by atoms with Crippen molar-refractivity contribution in [2.75, 3.05) is 0 Å². The van der Waals surface area contributed by atoms with Crippen molar-refractivity contribution < 1.29 is 0 Å². The maximum absolute atomic E-state index is 3.90. The lowest BCUT2D eigenvalue weighted by Gasteiger charge is -2.23. The van der Waals surface area contributed by atoms with Gasteiger partial charge in [0, 0.05) is 17.8 Å². The summed E-state index contributed by atoms with van der Waals surface area (Å²) in [5.74, 6) is 0.799. The molecule has 48 valence electrons. The van der Waals surface area contributed by atoms with Crippen LogP contribution in [0.3, 0.4) is 0 Å². The first-order valence-corrected chi connectivity index (χ1v) is 3.46. The second-order valence-electron chi connectivity index (χ2n) is 2.64. The molecule has 0 saturated heterocycles. The third kappa shape index (κ3) is 0.745. The van der Waals surface area contributed by atoms with Gasteiger partial charge in [0.05, 0.1) is 0 Å². The summed E-state index contributed by atoms with van der Waals surface area (Å²) in [6, 6.07) is 2.07. The normalized spacial score (nSPS) is 19.6. The number of H-pyrrole nitrogens is 1. The second kappa shape index (κ2) is 1.87. The molecule has 1 aliphatic carbocycles. The number of aromatic nitrogens is 2. The van der Waals surface area contributed by atoms with E-state index in [-0.39, 0.29) is 0 Å². The Morgan fingerprint density at radius 1 is 1.56 bits per heavy atom. The van der Waals surface area contributed by atoms with Crippen LogP contribution in [0, 0.1) is 0 Å². The Morgan fingerprint density at radius 2 is 2.44 bits per heavy atom. The molecule has 0 radical (unpaired) electrons. The topological polar surface area (TPSA) is 28.7 Å². The lowest BCUT2D eigenvalue weighted by molar-refractivity contribution is 0.410. The molecule has 2 heteroatoms. The van der Waals surface area contributed by atoms with E-state index in [2.05, 4.69) is 16.3 Å². The van der Waals surface area contributed by atoms with E-state index in [1.54, 1.807) is 0 Å². The van der Waals surface area contributed by atoms with Gasteiger partial charge in [-0.05, 0) is 18.9 Å². The van der Waals surface area contributed by atoms with Crippen molar-refractivity contribution in [2.45, 2.75) is 25.2 Å². The highest BCUT2D eigenvalue weighted by Gasteiger charge is 2.19. The smallest absolute Gasteiger partial charge is 0.0490 e. The number of nitrogens with zero attached hydrogens (tertiary/aromatic N) is 1. The molecule has 0 amide bonds. The predicted octanol–water partition coefficient (Wildman–Crippen LogP) is 1.68. The maximum atomic E-state index is 3.90. The minimum Gasteiger partial charge on any atom is -0.282 e. The molecule has 0 bridgehead atoms. The van der Waals surface area contributed by atoms with Crippen molar-refractivity contribution in [3.05, 3.63) is 18.0 Å². The van der Waals surface area contributed by atoms with Crippen LogP contribution in [0.1, 0.15) is 30.9 Å². The summed E-state index contributed by atoms with van der Waals surface area (Å²) in [4.78, 5) is 0. The summed E-state index contributed by atoms with van der Waals surface area (Å²) in [6.45, 7) is 0. The first-order valence-electron chi connectivity index (χ1n) is 3.46. The van der Waals surface area contributed by atoms with Crippen molar-refractivity contribution in [3.63, 3.8) is 0 Å². The second-order valence-corrected chi connectivity index (χ2v) is 2.64. The zero-order chi connectivity index (χ0) is 6.10. The van der Waals surface area contributed by atoms with Gasteiger partial charge >= 0.3 is 0 Å². The van der Waals surface area contributed by atoms with Crippen LogP contribution in [0.2, 0.25) is 0 Å². The number of hydrogen-bond donors (Lipinski definition) is 1. The molecule has 1 fully saturated rings. The standard InChI is InChI=1S/C7H10N2/c1-2-6(3-1)7-4-5-8-9-7/h4-6H,1-3H2,(H,8,9). The van der Waals surface area contributed by atoms with E-state index in [0.717, 1.165) is 5.92 Å². The zero-order valence-electron chi connectivity index (χ0n) is 5.30. The molecule has 0 atom stereocenters. The monoisotopic (exact) mass is 122 g/mol. The Hall–Kier alpha value is -0.790. The summed E-state index contributed by atoms with van der Waals surface area (Å²) in [6.07, 6.45) is 5.92. The molecule has 0 spiro atoms. The van der Waals surface area contributed by atoms with Gasteiger partial charge < -0.3 is 0 Å². The molecule has 1 aliphatic rings. The summed E-state index contributed by atoms with van der Waals surface area (Å²) in [5.41, 5.74) is 1.32. The van der Waals surface area contributed by atoms with Crippen molar-refractivity contribution in [1.29, 1.82) is 0 Å². The highest BCUT2D eigenvalue weighted by atomic mass is 15.1. The van der Waals surface area contributed by atoms with E-state index in [4.69, 9.17) is 0 Å². The lowest BCUT2D eigenvalue weighted by Crippen LogP contribution is -2.08. The molecule has 2 nitrogen and oxygen atoms in total. The largest absolute Gasteiger partial charge is 0.282 e. The first-order chi connectivity index (χ1) is 4.47. The fourth-order valence-corrected chi connectivity index (χ4v) is 1.21. The van der Waals surface area contributed by atoms with Gasteiger partial charge in [0.2, 0.25) is 0 Å². The Bertz CT molecular complexity index is 175. The van der Waals surface area contributed by atoms with Crippen LogP contribution >= 0.6 is 0 Å². The molecule has 9 heavy (non-hydrogen) atoms. The number of nitrogens with one attached hydrogen (secondary N) is 1. The van der Waals surface area contributed by atoms with Gasteiger partial charge in [-0.25, -0.2) is 0 Å². The zero-order valence-corrected chi connectivity index (χ0v) is 5.30. The van der Waals surface area contributed by atoms with E-state index in [1.165, 1.54) is 25.0 Å². The van der Waals surface area contributed by atoms with Gasteiger partial charge in [0.15, 0.2) is 0 Å². The number of rotatable bonds is 1. The van der Waals surface area contributed by atoms with Crippen LogP contribution in [-0.2, 0) is 0 Å². The molecule has 1 N–H and O–H groups in total. The molecule has 2 rings (SSSR count). The van der Waals surface area contributed by atoms with Gasteiger partial charge in [-0.3, -0.25) is 5.10 Å². The number of aromatic amines is 1. The SMILES string of the molecule is c1cc(C2CCC2)[nH]n1. The molecule has 1 aromatic heterocycles. The van der Waals surface area contributed by atoms with Crippen LogP contribution in [0.5, 0.6) is 0 Å². The van der Waals surface area contributed by atoms with Gasteiger partial charge in [0.25, 0.3) is 0 Å². The predicted molar refractivity (Wildman–Crippen MR) is 35.2 cm³/mol. The van der Waals surface area contributed by atoms with E-state index in [1.807, 2.05) is 6.20 Å². The maximum Gasteiger partial charge on any atom is 0.0490 e. The minimum absolute atomic E-state index is 0.799. The average Bonchev–Trinajstić information content (AvgIpc) is 2.11. The van der Waals surface area contributed by atoms with Crippen molar-refractivity contribution in [1.82, 2.24) is 10.2 Å². The average molecular weight is 122 g/mol. The van der Waals surface area contributed by atoms with Gasteiger partial charge in [-0.2, -0.15) is 5.10 Å². The van der Waals surface area contributed by atoms with E-state index in [0.29, 0.717) is 0 Å². The van der Waals surface area contributed by atoms with E-state index < -0.39 is 0 Å². The third-order valence-corrected chi connectivity index (χ3v) is 2.07. The van der Waals surface area contributed by atoms with Gasteiger partial charge in [-0.15, -0.1) is 0 Å². The molecular formula is C7H10N2. The molecule has 1 saturated carbocycles. The molecule has 1 aromatic rings. The van der Waals surface area contributed by atoms with E-state index >= 15 is 0 Å². The molecular weight excluding hydrogens is 112 g/mol. The Morgan fingerprint density at radius 3 is 2.89 bits per heavy atom. The number of hydrogen-bond acceptors (Lipinski definition) is 1. The van der Waals surface area contributed by atoms with Crippen molar-refractivity contribution in [2.24, 2.45) is 0 Å². The minimum atomic E-state index is 0.799. The Balaban J connectivity index is 2.14. The fourth-order valence-electron chi connectivity index (χ4n) is 1.21. The lowest BCUT2D eigenvalue weighted by atomic mass is 9.83. The van der Waals surface area contributed by atoms with Crippen LogP contribution < -0.4 is 0 Å². The third-order valence-electron chi connectivity index (χ3n) is 2.07. The van der Waals surface area contributed by atoms with Crippen LogP contribution in [0.25, 0.3) is 0 Å². The summed E-state index contributed by atoms with van der Waals surface area (Å²) < 4.78 is 0. The van der Waals surface area contributed by atoms with Crippen molar-refractivity contribution in [3.8, 4) is 0 Å². The fraction of sp³-hybridized carbons (Fsp3) is 0.571. The Kier molecular flexibility index (Phi) is 1.04. The summed E-state index contributed by atoms with van der Waals surface area (Å²) in [7, 11) is 0. The molecule has 0 aliphatic heterocycles. The Labute approximate surface area is 54.3 Å². The highest BCUT2D eigenvalue weighted by Crippen LogP contribution is 2.34. The summed E-state index contributed by atoms with van der Waals surface area (Å²) >= 11 is 0. The quantitative estimate of drug-likeness (QED) is 0.603. The van der Waals surface area contributed by atoms with Crippen LogP contribution in [-0.4, -0.2) is 10.2 Å². The summed E-state index contributed by atoms with van der Waals surface area (Å²) in [5, 5.41) is 6.89. The van der Waals surface area contributed by atoms with Crippen LogP contribution in [0.4, 0.5) is 0 Å². The van der Waals surface area contributed by atoms with Crippen molar-refractivity contribution >= 4 is 0 Å². The molecule has 0 aromatic carbocycles. The molecule has 0 unspecified atom stereocenters. The van der Waals surface area contributed by atoms with Gasteiger partial charge in [-0.1, -0.05) is 6.42 Å². The first kappa shape index (κ1) is 5.03. The van der Waals surface area contributed by atoms with Gasteiger partial charge in [0.1, 0.15) is 0 Å². The highest BCUT2D eigenvalue weighted by molar-refractivity contribution is 5.08.